The second kappa shape index (κ2) is 14.7. The fraction of sp³-hybridized carbons (Fsp3) is 0.500. The number of hydrogen-bond donors (Lipinski definition) is 3. The van der Waals surface area contributed by atoms with Crippen LogP contribution in [0.1, 0.15) is 80.6 Å². The molecule has 4 N–H and O–H groups in total. The molecule has 39 heavy (non-hydrogen) atoms. The first-order chi connectivity index (χ1) is 18.0. The predicted molar refractivity (Wildman–Crippen MR) is 162 cm³/mol. The average Bonchev–Trinajstić information content (AvgIpc) is 3.26. The fourth-order valence-electron chi connectivity index (χ4n) is 5.45. The SMILES string of the molecule is Cl.Cl.NC(Cc1ccco1)=N[C@@H]1CCCC[C@@H]1Nc1nc(C(=O)NC2CCCCCC2)nc2ccc(Cl)cc12. The molecule has 0 bridgehead atoms. The van der Waals surface area contributed by atoms with Crippen LogP contribution in [0.25, 0.3) is 10.9 Å². The maximum Gasteiger partial charge on any atom is 0.289 e. The van der Waals surface area contributed by atoms with Crippen LogP contribution in [-0.2, 0) is 6.42 Å². The van der Waals surface area contributed by atoms with Gasteiger partial charge in [0.1, 0.15) is 17.4 Å². The summed E-state index contributed by atoms with van der Waals surface area (Å²) in [7, 11) is 0. The molecule has 3 aromatic rings. The highest BCUT2D eigenvalue weighted by atomic mass is 35.5. The molecule has 2 aromatic heterocycles. The van der Waals surface area contributed by atoms with E-state index in [9.17, 15) is 4.79 Å². The Morgan fingerprint density at radius 3 is 2.51 bits per heavy atom. The van der Waals surface area contributed by atoms with Gasteiger partial charge in [0.2, 0.25) is 5.82 Å². The second-order valence-electron chi connectivity index (χ2n) is 10.2. The summed E-state index contributed by atoms with van der Waals surface area (Å²) in [5.74, 6) is 1.90. The molecular weight excluding hydrogens is 559 g/mol. The van der Waals surface area contributed by atoms with Gasteiger partial charge in [0.05, 0.1) is 24.2 Å². The van der Waals surface area contributed by atoms with Crippen molar-refractivity contribution in [1.29, 1.82) is 0 Å². The van der Waals surface area contributed by atoms with Crippen molar-refractivity contribution >= 4 is 64.9 Å². The molecule has 1 aromatic carbocycles. The fourth-order valence-corrected chi connectivity index (χ4v) is 5.62. The minimum absolute atomic E-state index is 0. The van der Waals surface area contributed by atoms with Gasteiger partial charge in [-0.15, -0.1) is 24.8 Å². The number of aliphatic imine (C=N–C) groups is 1. The molecule has 2 fully saturated rings. The summed E-state index contributed by atoms with van der Waals surface area (Å²) in [6.07, 6.45) is 12.9. The first kappa shape index (κ1) is 31.0. The van der Waals surface area contributed by atoms with E-state index in [4.69, 9.17) is 31.7 Å². The number of nitrogens with two attached hydrogens (primary N) is 1. The maximum atomic E-state index is 13.2. The van der Waals surface area contributed by atoms with Gasteiger partial charge in [-0.05, 0) is 56.0 Å². The van der Waals surface area contributed by atoms with Crippen molar-refractivity contribution < 1.29 is 9.21 Å². The Labute approximate surface area is 246 Å². The first-order valence-electron chi connectivity index (χ1n) is 13.4. The molecule has 2 saturated carbocycles. The highest BCUT2D eigenvalue weighted by Crippen LogP contribution is 2.29. The lowest BCUT2D eigenvalue weighted by Crippen LogP contribution is -2.38. The third kappa shape index (κ3) is 8.22. The van der Waals surface area contributed by atoms with Crippen molar-refractivity contribution in [1.82, 2.24) is 15.3 Å². The molecule has 2 aliphatic rings. The number of amides is 1. The van der Waals surface area contributed by atoms with Gasteiger partial charge in [0.15, 0.2) is 0 Å². The highest BCUT2D eigenvalue weighted by Gasteiger charge is 2.27. The van der Waals surface area contributed by atoms with Crippen LogP contribution < -0.4 is 16.4 Å². The summed E-state index contributed by atoms with van der Waals surface area (Å²) in [4.78, 5) is 27.4. The molecular formula is C28H37Cl3N6O2. The second-order valence-corrected chi connectivity index (χ2v) is 10.6. The van der Waals surface area contributed by atoms with E-state index in [1.165, 1.54) is 12.8 Å². The summed E-state index contributed by atoms with van der Waals surface area (Å²) in [6, 6.07) is 9.42. The number of anilines is 1. The van der Waals surface area contributed by atoms with E-state index in [2.05, 4.69) is 15.6 Å². The zero-order valence-electron chi connectivity index (χ0n) is 21.9. The van der Waals surface area contributed by atoms with Gasteiger partial charge >= 0.3 is 0 Å². The molecule has 11 heteroatoms. The molecule has 2 aliphatic carbocycles. The van der Waals surface area contributed by atoms with Crippen molar-refractivity contribution in [3.05, 3.63) is 53.2 Å². The topological polar surface area (TPSA) is 118 Å². The Morgan fingerprint density at radius 2 is 1.77 bits per heavy atom. The van der Waals surface area contributed by atoms with E-state index >= 15 is 0 Å². The number of nitrogens with one attached hydrogen (secondary N) is 2. The number of carbonyl (C=O) groups is 1. The predicted octanol–water partition coefficient (Wildman–Crippen LogP) is 6.50. The number of hydrogen-bond acceptors (Lipinski definition) is 6. The lowest BCUT2D eigenvalue weighted by Gasteiger charge is -2.30. The van der Waals surface area contributed by atoms with Crippen LogP contribution in [0.15, 0.2) is 46.0 Å². The van der Waals surface area contributed by atoms with Crippen LogP contribution in [0.4, 0.5) is 5.82 Å². The molecule has 8 nitrogen and oxygen atoms in total. The minimum Gasteiger partial charge on any atom is -0.469 e. The maximum absolute atomic E-state index is 13.2. The Kier molecular flexibility index (Phi) is 11.7. The average molecular weight is 596 g/mol. The van der Waals surface area contributed by atoms with Gasteiger partial charge in [-0.2, -0.15) is 0 Å². The van der Waals surface area contributed by atoms with Gasteiger partial charge in [-0.3, -0.25) is 9.79 Å². The number of benzene rings is 1. The Bertz CT molecular complexity index is 1250. The molecule has 2 atom stereocenters. The lowest BCUT2D eigenvalue weighted by atomic mass is 9.90. The summed E-state index contributed by atoms with van der Waals surface area (Å²) in [6.45, 7) is 0. The molecule has 212 valence electrons. The first-order valence-corrected chi connectivity index (χ1v) is 13.8. The number of aromatic nitrogens is 2. The molecule has 0 unspecified atom stereocenters. The van der Waals surface area contributed by atoms with Crippen LogP contribution in [0.5, 0.6) is 0 Å². The molecule has 2 heterocycles. The summed E-state index contributed by atoms with van der Waals surface area (Å²) in [5.41, 5.74) is 6.97. The van der Waals surface area contributed by atoms with E-state index in [1.807, 2.05) is 24.3 Å². The summed E-state index contributed by atoms with van der Waals surface area (Å²) in [5, 5.41) is 8.15. The zero-order chi connectivity index (χ0) is 25.6. The third-order valence-electron chi connectivity index (χ3n) is 7.37. The number of fused-ring (bicyclic) bond motifs is 1. The van der Waals surface area contributed by atoms with Crippen molar-refractivity contribution in [3.63, 3.8) is 0 Å². The van der Waals surface area contributed by atoms with E-state index in [-0.39, 0.29) is 54.7 Å². The van der Waals surface area contributed by atoms with Crippen molar-refractivity contribution in [2.45, 2.75) is 88.8 Å². The van der Waals surface area contributed by atoms with E-state index in [0.717, 1.165) is 62.5 Å². The van der Waals surface area contributed by atoms with Crippen molar-refractivity contribution in [3.8, 4) is 0 Å². The van der Waals surface area contributed by atoms with Gasteiger partial charge in [0, 0.05) is 22.5 Å². The molecule has 1 amide bonds. The van der Waals surface area contributed by atoms with Gasteiger partial charge in [-0.25, -0.2) is 9.97 Å². The van der Waals surface area contributed by atoms with Crippen LogP contribution in [0.2, 0.25) is 5.02 Å². The minimum atomic E-state index is -0.229. The third-order valence-corrected chi connectivity index (χ3v) is 7.61. The number of nitrogens with zero attached hydrogens (tertiary/aromatic N) is 3. The molecule has 0 aliphatic heterocycles. The zero-order valence-corrected chi connectivity index (χ0v) is 24.3. The van der Waals surface area contributed by atoms with Crippen molar-refractivity contribution in [2.75, 3.05) is 5.32 Å². The largest absolute Gasteiger partial charge is 0.469 e. The number of rotatable bonds is 7. The number of furan rings is 1. The molecule has 5 rings (SSSR count). The Balaban J connectivity index is 0.00000210. The monoisotopic (exact) mass is 594 g/mol. The van der Waals surface area contributed by atoms with Gasteiger partial charge in [-0.1, -0.05) is 50.1 Å². The van der Waals surface area contributed by atoms with Crippen LogP contribution in [0, 0.1) is 0 Å². The molecule has 0 saturated heterocycles. The van der Waals surface area contributed by atoms with E-state index < -0.39 is 0 Å². The molecule has 0 spiro atoms. The molecule has 0 radical (unpaired) electrons. The lowest BCUT2D eigenvalue weighted by molar-refractivity contribution is 0.0923. The highest BCUT2D eigenvalue weighted by molar-refractivity contribution is 6.31. The van der Waals surface area contributed by atoms with E-state index in [1.54, 1.807) is 12.3 Å². The number of halogens is 3. The normalized spacial score (nSPS) is 20.4. The Morgan fingerprint density at radius 1 is 1.03 bits per heavy atom. The number of carbonyl (C=O) groups excluding carboxylic acids is 1. The van der Waals surface area contributed by atoms with Gasteiger partial charge < -0.3 is 20.8 Å². The summed E-state index contributed by atoms with van der Waals surface area (Å²) < 4.78 is 5.43. The van der Waals surface area contributed by atoms with E-state index in [0.29, 0.717) is 28.6 Å². The Hall–Kier alpha value is -2.55. The van der Waals surface area contributed by atoms with Gasteiger partial charge in [0.25, 0.3) is 5.91 Å². The smallest absolute Gasteiger partial charge is 0.289 e. The van der Waals surface area contributed by atoms with Crippen molar-refractivity contribution in [2.24, 2.45) is 10.7 Å². The summed E-state index contributed by atoms with van der Waals surface area (Å²) >= 11 is 6.34. The van der Waals surface area contributed by atoms with Crippen LogP contribution >= 0.6 is 36.4 Å². The van der Waals surface area contributed by atoms with Crippen LogP contribution in [0.3, 0.4) is 0 Å². The van der Waals surface area contributed by atoms with Crippen LogP contribution in [-0.4, -0.2) is 39.8 Å². The quantitative estimate of drug-likeness (QED) is 0.163. The standard InChI is InChI=1S/C28H35ClN6O2.2ClH/c29-18-13-14-22-21(16-18)26(35-27(33-22)28(36)31-19-8-3-1-2-4-9-19)34-24-12-6-5-11-23(24)32-25(30)17-20-10-7-15-37-20;;/h7,10,13-16,19,23-24H,1-6,8-9,11-12,17H2,(H2,30,32)(H,31,36)(H,33,34,35);2*1H/t23-,24+;;/m1../s1. The number of amidine groups is 1.